The molecule has 0 unspecified atom stereocenters. The summed E-state index contributed by atoms with van der Waals surface area (Å²) in [5, 5.41) is 19.2. The van der Waals surface area contributed by atoms with Crippen molar-refractivity contribution in [1.29, 1.82) is 0 Å². The zero-order valence-corrected chi connectivity index (χ0v) is 12.3. The van der Waals surface area contributed by atoms with Gasteiger partial charge in [0.05, 0.1) is 12.5 Å². The molecule has 0 aliphatic heterocycles. The smallest absolute Gasteiger partial charge is 0.330 e. The number of hydrogen-bond acceptors (Lipinski definition) is 6. The lowest BCUT2D eigenvalue weighted by atomic mass is 9.83. The van der Waals surface area contributed by atoms with Crippen LogP contribution < -0.4 is 11.2 Å². The Morgan fingerprint density at radius 3 is 2.67 bits per heavy atom. The van der Waals surface area contributed by atoms with Gasteiger partial charge >= 0.3 is 11.7 Å². The fourth-order valence-electron chi connectivity index (χ4n) is 2.09. The Morgan fingerprint density at radius 2 is 2.14 bits per heavy atom. The topological polar surface area (TPSA) is 122 Å². The third-order valence-corrected chi connectivity index (χ3v) is 3.44. The average Bonchev–Trinajstić information content (AvgIpc) is 2.41. The summed E-state index contributed by atoms with van der Waals surface area (Å²) < 4.78 is 5.61. The summed E-state index contributed by atoms with van der Waals surface area (Å²) in [5.74, 6) is -0.593. The molecule has 3 N–H and O–H groups in total. The summed E-state index contributed by atoms with van der Waals surface area (Å²) in [7, 11) is 1.21. The molecule has 21 heavy (non-hydrogen) atoms. The van der Waals surface area contributed by atoms with Gasteiger partial charge in [-0.3, -0.25) is 19.1 Å². The Labute approximate surface area is 121 Å². The van der Waals surface area contributed by atoms with Crippen LogP contribution >= 0.6 is 0 Å². The first-order valence-corrected chi connectivity index (χ1v) is 6.44. The molecule has 0 amide bonds. The third-order valence-electron chi connectivity index (χ3n) is 3.44. The van der Waals surface area contributed by atoms with Crippen molar-refractivity contribution in [3.05, 3.63) is 32.6 Å². The first-order valence-electron chi connectivity index (χ1n) is 6.44. The number of H-pyrrole nitrogens is 1. The van der Waals surface area contributed by atoms with Crippen molar-refractivity contribution in [3.63, 3.8) is 0 Å². The molecule has 118 valence electrons. The maximum atomic E-state index is 11.8. The lowest BCUT2D eigenvalue weighted by molar-refractivity contribution is -0.155. The van der Waals surface area contributed by atoms with Crippen LogP contribution in [-0.4, -0.2) is 39.5 Å². The number of carbonyl (C=O) groups is 1. The van der Waals surface area contributed by atoms with Crippen LogP contribution in [0.5, 0.6) is 0 Å². The highest BCUT2D eigenvalue weighted by atomic mass is 16.5. The van der Waals surface area contributed by atoms with Crippen molar-refractivity contribution in [3.8, 4) is 0 Å². The van der Waals surface area contributed by atoms with E-state index in [1.807, 2.05) is 0 Å². The van der Waals surface area contributed by atoms with Gasteiger partial charge in [0.25, 0.3) is 5.56 Å². The Balaban J connectivity index is 3.11. The molecule has 1 aromatic rings. The number of aliphatic hydroxyl groups excluding tert-OH is 2. The molecule has 0 saturated carbocycles. The van der Waals surface area contributed by atoms with Crippen molar-refractivity contribution in [2.75, 3.05) is 13.7 Å². The molecule has 2 atom stereocenters. The Morgan fingerprint density at radius 1 is 1.52 bits per heavy atom. The second-order valence-electron chi connectivity index (χ2n) is 5.19. The minimum atomic E-state index is -1.33. The number of aromatic nitrogens is 2. The SMILES string of the molecule is COC(=O)[C@](C)(CCO)C[C@@H](O)n1cc(C)c(=O)[nH]c1=O. The largest absolute Gasteiger partial charge is 0.469 e. The minimum absolute atomic E-state index is 0.0772. The molecule has 0 aliphatic carbocycles. The predicted octanol–water partition coefficient (Wildman–Crippen LogP) is -0.712. The van der Waals surface area contributed by atoms with Crippen LogP contribution in [0, 0.1) is 12.3 Å². The van der Waals surface area contributed by atoms with Gasteiger partial charge in [0.1, 0.15) is 6.23 Å². The van der Waals surface area contributed by atoms with Gasteiger partial charge in [0.2, 0.25) is 0 Å². The molecule has 0 saturated heterocycles. The molecule has 0 spiro atoms. The van der Waals surface area contributed by atoms with E-state index in [2.05, 4.69) is 9.72 Å². The molecule has 0 aliphatic rings. The van der Waals surface area contributed by atoms with Gasteiger partial charge in [-0.1, -0.05) is 0 Å². The van der Waals surface area contributed by atoms with Crippen LogP contribution in [0.15, 0.2) is 15.8 Å². The summed E-state index contributed by atoms with van der Waals surface area (Å²) in [6.45, 7) is 2.76. The number of hydrogen-bond donors (Lipinski definition) is 3. The second kappa shape index (κ2) is 6.68. The van der Waals surface area contributed by atoms with Gasteiger partial charge in [0.15, 0.2) is 0 Å². The molecule has 0 bridgehead atoms. The van der Waals surface area contributed by atoms with E-state index in [1.54, 1.807) is 0 Å². The number of ether oxygens (including phenoxy) is 1. The number of rotatable bonds is 6. The molecular formula is C13H20N2O6. The number of esters is 1. The van der Waals surface area contributed by atoms with E-state index < -0.39 is 28.9 Å². The number of aliphatic hydroxyl groups is 2. The summed E-state index contributed by atoms with van der Waals surface area (Å²) in [6.07, 6.45) is -0.161. The van der Waals surface area contributed by atoms with Crippen LogP contribution in [0.25, 0.3) is 0 Å². The molecule has 1 heterocycles. The third kappa shape index (κ3) is 3.79. The number of aromatic amines is 1. The number of aryl methyl sites for hydroxylation is 1. The van der Waals surface area contributed by atoms with E-state index in [4.69, 9.17) is 5.11 Å². The average molecular weight is 300 g/mol. The highest BCUT2D eigenvalue weighted by molar-refractivity contribution is 5.76. The molecule has 1 rings (SSSR count). The molecule has 0 radical (unpaired) electrons. The molecule has 8 nitrogen and oxygen atoms in total. The van der Waals surface area contributed by atoms with E-state index in [-0.39, 0.29) is 25.0 Å². The molecule has 0 fully saturated rings. The lowest BCUT2D eigenvalue weighted by Crippen LogP contribution is -2.38. The van der Waals surface area contributed by atoms with Gasteiger partial charge in [0, 0.05) is 24.8 Å². The summed E-state index contributed by atoms with van der Waals surface area (Å²) in [4.78, 5) is 36.9. The normalized spacial score (nSPS) is 15.3. The summed E-state index contributed by atoms with van der Waals surface area (Å²) >= 11 is 0. The van der Waals surface area contributed by atoms with Gasteiger partial charge in [-0.25, -0.2) is 4.79 Å². The quantitative estimate of drug-likeness (QED) is 0.596. The molecule has 8 heteroatoms. The fraction of sp³-hybridized carbons (Fsp3) is 0.615. The first kappa shape index (κ1) is 17.1. The number of nitrogens with zero attached hydrogens (tertiary/aromatic N) is 1. The van der Waals surface area contributed by atoms with Crippen LogP contribution in [0.4, 0.5) is 0 Å². The van der Waals surface area contributed by atoms with Gasteiger partial charge < -0.3 is 14.9 Å². The van der Waals surface area contributed by atoms with E-state index in [1.165, 1.54) is 27.2 Å². The predicted molar refractivity (Wildman–Crippen MR) is 73.8 cm³/mol. The van der Waals surface area contributed by atoms with Gasteiger partial charge in [-0.15, -0.1) is 0 Å². The van der Waals surface area contributed by atoms with Crippen molar-refractivity contribution in [1.82, 2.24) is 9.55 Å². The highest BCUT2D eigenvalue weighted by Gasteiger charge is 2.36. The number of methoxy groups -OCH3 is 1. The highest BCUT2D eigenvalue weighted by Crippen LogP contribution is 2.31. The van der Waals surface area contributed by atoms with Crippen LogP contribution in [-0.2, 0) is 9.53 Å². The standard InChI is InChI=1S/C13H20N2O6/c1-8-7-15(12(20)14-10(8)18)9(17)6-13(2,4-5-16)11(19)21-3/h7,9,16-17H,4-6H2,1-3H3,(H,14,18,20)/t9-,13-/m1/s1. The van der Waals surface area contributed by atoms with Crippen molar-refractivity contribution < 1.29 is 19.7 Å². The van der Waals surface area contributed by atoms with Crippen LogP contribution in [0.3, 0.4) is 0 Å². The van der Waals surface area contributed by atoms with E-state index in [0.29, 0.717) is 0 Å². The van der Waals surface area contributed by atoms with E-state index >= 15 is 0 Å². The summed E-state index contributed by atoms with van der Waals surface area (Å²) in [5.41, 5.74) is -2.19. The van der Waals surface area contributed by atoms with Gasteiger partial charge in [-0.05, 0) is 20.3 Å². The number of nitrogens with one attached hydrogen (secondary N) is 1. The number of carbonyl (C=O) groups excluding carboxylic acids is 1. The molecule has 0 aromatic carbocycles. The second-order valence-corrected chi connectivity index (χ2v) is 5.19. The monoisotopic (exact) mass is 300 g/mol. The van der Waals surface area contributed by atoms with Crippen molar-refractivity contribution in [2.45, 2.75) is 32.9 Å². The summed E-state index contributed by atoms with van der Waals surface area (Å²) in [6, 6.07) is 0. The maximum absolute atomic E-state index is 11.8. The Hall–Kier alpha value is -1.93. The van der Waals surface area contributed by atoms with Crippen LogP contribution in [0.2, 0.25) is 0 Å². The van der Waals surface area contributed by atoms with Crippen molar-refractivity contribution in [2.24, 2.45) is 5.41 Å². The Bertz CT molecular complexity index is 620. The van der Waals surface area contributed by atoms with Crippen LogP contribution in [0.1, 0.15) is 31.6 Å². The van der Waals surface area contributed by atoms with Crippen molar-refractivity contribution >= 4 is 5.97 Å². The lowest BCUT2D eigenvalue weighted by Gasteiger charge is -2.28. The fourth-order valence-corrected chi connectivity index (χ4v) is 2.09. The molecule has 1 aromatic heterocycles. The first-order chi connectivity index (χ1) is 9.75. The zero-order valence-electron chi connectivity index (χ0n) is 12.3. The van der Waals surface area contributed by atoms with Gasteiger partial charge in [-0.2, -0.15) is 0 Å². The van der Waals surface area contributed by atoms with E-state index in [0.717, 1.165) is 4.57 Å². The minimum Gasteiger partial charge on any atom is -0.469 e. The van der Waals surface area contributed by atoms with E-state index in [9.17, 15) is 19.5 Å². The zero-order chi connectivity index (χ0) is 16.2. The Kier molecular flexibility index (Phi) is 5.45. The molecular weight excluding hydrogens is 280 g/mol. The maximum Gasteiger partial charge on any atom is 0.330 e.